The van der Waals surface area contributed by atoms with Crippen molar-refractivity contribution < 1.29 is 9.15 Å². The third kappa shape index (κ3) is 6.89. The first-order valence-corrected chi connectivity index (χ1v) is 10.5. The van der Waals surface area contributed by atoms with Gasteiger partial charge < -0.3 is 19.8 Å². The van der Waals surface area contributed by atoms with Crippen LogP contribution in [0.3, 0.4) is 0 Å². The maximum Gasteiger partial charge on any atom is 0.213 e. The lowest BCUT2D eigenvalue weighted by Gasteiger charge is -2.18. The largest absolute Gasteiger partial charge is 0.490 e. The first-order chi connectivity index (χ1) is 13.8. The summed E-state index contributed by atoms with van der Waals surface area (Å²) >= 11 is 0. The highest BCUT2D eigenvalue weighted by molar-refractivity contribution is 14.0. The van der Waals surface area contributed by atoms with E-state index in [1.807, 2.05) is 0 Å². The second-order valence-corrected chi connectivity index (χ2v) is 8.78. The second kappa shape index (κ2) is 11.0. The number of aryl methyl sites for hydroxylation is 1. The van der Waals surface area contributed by atoms with Gasteiger partial charge in [-0.15, -0.1) is 24.0 Å². The Morgan fingerprint density at radius 3 is 2.53 bits per heavy atom. The highest BCUT2D eigenvalue weighted by atomic mass is 127. The molecule has 7 heteroatoms. The van der Waals surface area contributed by atoms with Crippen molar-refractivity contribution in [3.05, 3.63) is 47.2 Å². The van der Waals surface area contributed by atoms with E-state index >= 15 is 0 Å². The minimum Gasteiger partial charge on any atom is -0.490 e. The van der Waals surface area contributed by atoms with Gasteiger partial charge in [0.15, 0.2) is 5.96 Å². The predicted octanol–water partition coefficient (Wildman–Crippen LogP) is 5.09. The van der Waals surface area contributed by atoms with Crippen LogP contribution >= 0.6 is 24.0 Å². The number of aromatic nitrogens is 1. The van der Waals surface area contributed by atoms with E-state index in [9.17, 15) is 0 Å². The molecule has 1 aromatic heterocycles. The average Bonchev–Trinajstić information content (AvgIpc) is 3.35. The Hall–Kier alpha value is -1.77. The summed E-state index contributed by atoms with van der Waals surface area (Å²) in [5, 5.41) is 6.63. The van der Waals surface area contributed by atoms with E-state index in [1.165, 1.54) is 18.4 Å². The van der Waals surface area contributed by atoms with E-state index in [4.69, 9.17) is 9.15 Å². The monoisotopic (exact) mass is 526 g/mol. The van der Waals surface area contributed by atoms with E-state index in [-0.39, 0.29) is 29.4 Å². The molecule has 1 aliphatic carbocycles. The Balaban J connectivity index is 0.00000320. The minimum atomic E-state index is -0.0493. The number of rotatable bonds is 6. The number of oxazole rings is 1. The van der Waals surface area contributed by atoms with Crippen molar-refractivity contribution in [1.82, 2.24) is 15.6 Å². The molecule has 3 rings (SSSR count). The zero-order valence-electron chi connectivity index (χ0n) is 18.7. The molecule has 2 N–H and O–H groups in total. The fraction of sp³-hybridized carbons (Fsp3) is 0.565. The number of nitrogens with zero attached hydrogens (tertiary/aromatic N) is 2. The average molecular weight is 526 g/mol. The maximum atomic E-state index is 6.29. The quantitative estimate of drug-likeness (QED) is 0.312. The number of nitrogens with one attached hydrogen (secondary N) is 2. The molecule has 6 nitrogen and oxygen atoms in total. The number of hydrogen-bond donors (Lipinski definition) is 2. The summed E-state index contributed by atoms with van der Waals surface area (Å²) in [6.07, 6.45) is 6.96. The summed E-state index contributed by atoms with van der Waals surface area (Å²) in [5.41, 5.74) is 2.30. The molecule has 0 spiro atoms. The number of halogens is 1. The van der Waals surface area contributed by atoms with Gasteiger partial charge in [-0.3, -0.25) is 4.99 Å². The predicted molar refractivity (Wildman–Crippen MR) is 132 cm³/mol. The summed E-state index contributed by atoms with van der Waals surface area (Å²) in [6.45, 7) is 9.55. The number of guanidine groups is 1. The third-order valence-electron chi connectivity index (χ3n) is 5.19. The molecule has 0 radical (unpaired) electrons. The van der Waals surface area contributed by atoms with Crippen molar-refractivity contribution in [3.63, 3.8) is 0 Å². The fourth-order valence-corrected chi connectivity index (χ4v) is 3.40. The molecule has 0 amide bonds. The van der Waals surface area contributed by atoms with Gasteiger partial charge in [0, 0.05) is 24.6 Å². The van der Waals surface area contributed by atoms with Crippen molar-refractivity contribution in [1.29, 1.82) is 0 Å². The molecule has 1 saturated carbocycles. The topological polar surface area (TPSA) is 71.7 Å². The SMILES string of the molecule is CN=C(NCc1ncc(C(C)(C)C)o1)NCc1ccc(C)cc1OC1CCCC1.I. The molecule has 1 aromatic carbocycles. The van der Waals surface area contributed by atoms with Gasteiger partial charge in [0.25, 0.3) is 0 Å². The summed E-state index contributed by atoms with van der Waals surface area (Å²) in [4.78, 5) is 8.66. The van der Waals surface area contributed by atoms with Crippen LogP contribution in [-0.2, 0) is 18.5 Å². The van der Waals surface area contributed by atoms with Gasteiger partial charge in [0.05, 0.1) is 18.8 Å². The molecule has 0 bridgehead atoms. The summed E-state index contributed by atoms with van der Waals surface area (Å²) in [5.74, 6) is 3.21. The van der Waals surface area contributed by atoms with Crippen molar-refractivity contribution in [2.75, 3.05) is 7.05 Å². The Morgan fingerprint density at radius 1 is 1.20 bits per heavy atom. The molecule has 0 unspecified atom stereocenters. The number of benzene rings is 1. The Kier molecular flexibility index (Phi) is 9.00. The molecule has 0 aliphatic heterocycles. The molecule has 166 valence electrons. The summed E-state index contributed by atoms with van der Waals surface area (Å²) < 4.78 is 12.1. The molecule has 30 heavy (non-hydrogen) atoms. The highest BCUT2D eigenvalue weighted by Crippen LogP contribution is 2.27. The molecule has 1 heterocycles. The van der Waals surface area contributed by atoms with Gasteiger partial charge in [-0.1, -0.05) is 32.9 Å². The lowest BCUT2D eigenvalue weighted by Crippen LogP contribution is -2.36. The van der Waals surface area contributed by atoms with Gasteiger partial charge in [-0.05, 0) is 44.2 Å². The molecule has 0 saturated heterocycles. The van der Waals surface area contributed by atoms with Crippen LogP contribution in [0.2, 0.25) is 0 Å². The van der Waals surface area contributed by atoms with Crippen LogP contribution in [0, 0.1) is 6.92 Å². The zero-order chi connectivity index (χ0) is 20.9. The van der Waals surface area contributed by atoms with Crippen LogP contribution in [0.25, 0.3) is 0 Å². The van der Waals surface area contributed by atoms with Crippen molar-refractivity contribution in [2.24, 2.45) is 4.99 Å². The summed E-state index contributed by atoms with van der Waals surface area (Å²) in [6, 6.07) is 6.38. The number of aliphatic imine (C=N–C) groups is 1. The third-order valence-corrected chi connectivity index (χ3v) is 5.19. The van der Waals surface area contributed by atoms with Crippen LogP contribution in [0.5, 0.6) is 5.75 Å². The van der Waals surface area contributed by atoms with E-state index in [0.717, 1.165) is 29.9 Å². The number of ether oxygens (including phenoxy) is 1. The zero-order valence-corrected chi connectivity index (χ0v) is 21.1. The highest BCUT2D eigenvalue weighted by Gasteiger charge is 2.20. The van der Waals surface area contributed by atoms with Crippen LogP contribution < -0.4 is 15.4 Å². The first kappa shape index (κ1) is 24.5. The molecule has 0 atom stereocenters. The van der Waals surface area contributed by atoms with Crippen molar-refractivity contribution >= 4 is 29.9 Å². The fourth-order valence-electron chi connectivity index (χ4n) is 3.40. The second-order valence-electron chi connectivity index (χ2n) is 8.78. The van der Waals surface area contributed by atoms with E-state index in [0.29, 0.717) is 31.0 Å². The molecule has 1 aliphatic rings. The van der Waals surface area contributed by atoms with E-state index < -0.39 is 0 Å². The first-order valence-electron chi connectivity index (χ1n) is 10.5. The minimum absolute atomic E-state index is 0. The molecular weight excluding hydrogens is 491 g/mol. The summed E-state index contributed by atoms with van der Waals surface area (Å²) in [7, 11) is 1.76. The normalized spacial score (nSPS) is 15.0. The van der Waals surface area contributed by atoms with Crippen LogP contribution in [0.4, 0.5) is 0 Å². The smallest absolute Gasteiger partial charge is 0.213 e. The molecule has 1 fully saturated rings. The van der Waals surface area contributed by atoms with Gasteiger partial charge in [-0.2, -0.15) is 0 Å². The standard InChI is InChI=1S/C23H34N4O2.HI/c1-16-10-11-17(19(12-16)28-18-8-6-7-9-18)13-26-22(24-5)27-15-21-25-14-20(29-21)23(2,3)4;/h10-12,14,18H,6-9,13,15H2,1-5H3,(H2,24,26,27);1H. The van der Waals surface area contributed by atoms with Gasteiger partial charge in [-0.25, -0.2) is 4.98 Å². The molecule has 2 aromatic rings. The van der Waals surface area contributed by atoms with E-state index in [2.05, 4.69) is 66.5 Å². The number of hydrogen-bond acceptors (Lipinski definition) is 4. The van der Waals surface area contributed by atoms with Gasteiger partial charge in [0.2, 0.25) is 5.89 Å². The van der Waals surface area contributed by atoms with Crippen molar-refractivity contribution in [3.8, 4) is 5.75 Å². The van der Waals surface area contributed by atoms with Gasteiger partial charge in [0.1, 0.15) is 11.5 Å². The lowest BCUT2D eigenvalue weighted by atomic mass is 9.94. The van der Waals surface area contributed by atoms with Gasteiger partial charge >= 0.3 is 0 Å². The van der Waals surface area contributed by atoms with Crippen molar-refractivity contribution in [2.45, 2.75) is 78.0 Å². The molecular formula is C23H35IN4O2. The van der Waals surface area contributed by atoms with Crippen LogP contribution in [-0.4, -0.2) is 24.1 Å². The Morgan fingerprint density at radius 2 is 1.90 bits per heavy atom. The Labute approximate surface area is 197 Å². The van der Waals surface area contributed by atoms with Crippen LogP contribution in [0.15, 0.2) is 33.8 Å². The van der Waals surface area contributed by atoms with E-state index in [1.54, 1.807) is 13.2 Å². The maximum absolute atomic E-state index is 6.29. The van der Waals surface area contributed by atoms with Crippen LogP contribution in [0.1, 0.15) is 69.2 Å². The Bertz CT molecular complexity index is 836. The lowest BCUT2D eigenvalue weighted by molar-refractivity contribution is 0.207.